The van der Waals surface area contributed by atoms with Crippen molar-refractivity contribution in [2.24, 2.45) is 0 Å². The number of nitrogens with zero attached hydrogens (tertiary/aromatic N) is 1. The van der Waals surface area contributed by atoms with Crippen molar-refractivity contribution in [3.05, 3.63) is 65.8 Å². The number of furan rings is 2. The molecule has 148 valence electrons. The van der Waals surface area contributed by atoms with E-state index in [1.807, 2.05) is 12.1 Å². The minimum absolute atomic E-state index is 0.0383. The van der Waals surface area contributed by atoms with Crippen LogP contribution in [0.15, 0.2) is 69.0 Å². The highest BCUT2D eigenvalue weighted by molar-refractivity contribution is 7.99. The molecule has 0 bridgehead atoms. The molecule has 4 rings (SSSR count). The number of aromatic amines is 1. The molecule has 0 saturated carbocycles. The number of thioether (sulfide) groups is 1. The summed E-state index contributed by atoms with van der Waals surface area (Å²) in [5.74, 6) is 1.01. The molecule has 4 aromatic rings. The number of aromatic nitrogens is 2. The van der Waals surface area contributed by atoms with E-state index >= 15 is 0 Å². The highest BCUT2D eigenvalue weighted by Crippen LogP contribution is 2.33. The van der Waals surface area contributed by atoms with Crippen LogP contribution in [0.3, 0.4) is 0 Å². The van der Waals surface area contributed by atoms with Crippen molar-refractivity contribution < 1.29 is 18.0 Å². The van der Waals surface area contributed by atoms with E-state index in [0.717, 1.165) is 0 Å². The minimum Gasteiger partial charge on any atom is -0.463 e. The Balaban J connectivity index is 1.40. The zero-order valence-corrected chi connectivity index (χ0v) is 16.5. The predicted molar refractivity (Wildman–Crippen MR) is 109 cm³/mol. The van der Waals surface area contributed by atoms with E-state index in [4.69, 9.17) is 20.4 Å². The molecule has 0 aliphatic carbocycles. The number of H-pyrrole nitrogens is 1. The molecule has 1 aromatic carbocycles. The highest BCUT2D eigenvalue weighted by Gasteiger charge is 2.18. The summed E-state index contributed by atoms with van der Waals surface area (Å²) in [5.41, 5.74) is 1.79. The van der Waals surface area contributed by atoms with Crippen LogP contribution in [0.5, 0.6) is 0 Å². The molecule has 0 radical (unpaired) electrons. The number of rotatable bonds is 7. The lowest BCUT2D eigenvalue weighted by Crippen LogP contribution is -2.12. The Morgan fingerprint density at radius 2 is 1.93 bits per heavy atom. The zero-order valence-electron chi connectivity index (χ0n) is 14.9. The van der Waals surface area contributed by atoms with Crippen molar-refractivity contribution in [3.8, 4) is 22.9 Å². The largest absolute Gasteiger partial charge is 0.463 e. The summed E-state index contributed by atoms with van der Waals surface area (Å²) >= 11 is 7.12. The fourth-order valence-corrected chi connectivity index (χ4v) is 3.64. The number of carbonyl (C=O) groups excluding carboxylic acids is 1. The Morgan fingerprint density at radius 1 is 1.17 bits per heavy atom. The molecule has 3 heterocycles. The van der Waals surface area contributed by atoms with E-state index in [9.17, 15) is 9.18 Å². The van der Waals surface area contributed by atoms with Crippen LogP contribution in [0, 0.1) is 5.82 Å². The van der Waals surface area contributed by atoms with E-state index in [0.29, 0.717) is 39.5 Å². The van der Waals surface area contributed by atoms with Crippen LogP contribution < -0.4 is 5.32 Å². The summed E-state index contributed by atoms with van der Waals surface area (Å²) < 4.78 is 24.1. The molecule has 9 heteroatoms. The fraction of sp³-hybridized carbons (Fsp3) is 0.100. The van der Waals surface area contributed by atoms with Crippen LogP contribution >= 0.6 is 23.4 Å². The van der Waals surface area contributed by atoms with E-state index in [-0.39, 0.29) is 17.4 Å². The summed E-state index contributed by atoms with van der Waals surface area (Å²) in [6.07, 6.45) is 3.41. The molecular formula is C20H15ClFN3O3S. The van der Waals surface area contributed by atoms with E-state index in [1.54, 1.807) is 24.7 Å². The first kappa shape index (κ1) is 19.4. The van der Waals surface area contributed by atoms with E-state index in [1.165, 1.54) is 30.0 Å². The van der Waals surface area contributed by atoms with Crippen molar-refractivity contribution in [2.75, 3.05) is 11.1 Å². The van der Waals surface area contributed by atoms with Gasteiger partial charge >= 0.3 is 0 Å². The molecule has 0 aliphatic rings. The SMILES string of the molecule is O=C(CCSc1nc(-c2ccco2)c(-c2ccco2)[nH]1)Nc1ccc(F)c(Cl)c1. The average Bonchev–Trinajstić information content (AvgIpc) is 3.45. The predicted octanol–water partition coefficient (Wildman–Crippen LogP) is 5.84. The van der Waals surface area contributed by atoms with Gasteiger partial charge in [0.05, 0.1) is 17.5 Å². The van der Waals surface area contributed by atoms with E-state index in [2.05, 4.69) is 15.3 Å². The summed E-state index contributed by atoms with van der Waals surface area (Å²) in [4.78, 5) is 19.9. The summed E-state index contributed by atoms with van der Waals surface area (Å²) in [6, 6.07) is 11.3. The maximum absolute atomic E-state index is 13.2. The first-order valence-electron chi connectivity index (χ1n) is 8.65. The Morgan fingerprint density at radius 3 is 2.62 bits per heavy atom. The van der Waals surface area contributed by atoms with Crippen molar-refractivity contribution in [1.82, 2.24) is 9.97 Å². The molecule has 0 fully saturated rings. The quantitative estimate of drug-likeness (QED) is 0.359. The molecule has 29 heavy (non-hydrogen) atoms. The summed E-state index contributed by atoms with van der Waals surface area (Å²) in [7, 11) is 0. The topological polar surface area (TPSA) is 84.1 Å². The number of hydrogen-bond donors (Lipinski definition) is 2. The Bertz CT molecular complexity index is 1060. The summed E-state index contributed by atoms with van der Waals surface area (Å²) in [5, 5.41) is 3.29. The number of amides is 1. The van der Waals surface area contributed by atoms with Crippen LogP contribution in [0.25, 0.3) is 22.9 Å². The highest BCUT2D eigenvalue weighted by atomic mass is 35.5. The first-order chi connectivity index (χ1) is 14.1. The Labute approximate surface area is 174 Å². The number of imidazole rings is 1. The van der Waals surface area contributed by atoms with Gasteiger partial charge in [-0.25, -0.2) is 9.37 Å². The van der Waals surface area contributed by atoms with Gasteiger partial charge in [-0.15, -0.1) is 0 Å². The van der Waals surface area contributed by atoms with Gasteiger partial charge in [-0.3, -0.25) is 4.79 Å². The third kappa shape index (κ3) is 4.55. The molecule has 0 spiro atoms. The number of nitrogens with one attached hydrogen (secondary N) is 2. The third-order valence-corrected chi connectivity index (χ3v) is 5.14. The lowest BCUT2D eigenvalue weighted by molar-refractivity contribution is -0.115. The van der Waals surface area contributed by atoms with Gasteiger partial charge in [0.1, 0.15) is 17.2 Å². The summed E-state index contributed by atoms with van der Waals surface area (Å²) in [6.45, 7) is 0. The third-order valence-electron chi connectivity index (χ3n) is 3.98. The van der Waals surface area contributed by atoms with Crippen molar-refractivity contribution in [1.29, 1.82) is 0 Å². The lowest BCUT2D eigenvalue weighted by atomic mass is 10.2. The van der Waals surface area contributed by atoms with Crippen LogP contribution in [0.2, 0.25) is 5.02 Å². The second-order valence-corrected chi connectivity index (χ2v) is 7.49. The molecule has 6 nitrogen and oxygen atoms in total. The van der Waals surface area contributed by atoms with Gasteiger partial charge in [0.15, 0.2) is 16.7 Å². The first-order valence-corrected chi connectivity index (χ1v) is 10.0. The molecular weight excluding hydrogens is 417 g/mol. The van der Waals surface area contributed by atoms with Gasteiger partial charge in [0.25, 0.3) is 0 Å². The number of hydrogen-bond acceptors (Lipinski definition) is 5. The number of anilines is 1. The van der Waals surface area contributed by atoms with Gasteiger partial charge in [0.2, 0.25) is 5.91 Å². The molecule has 1 amide bonds. The van der Waals surface area contributed by atoms with Gasteiger partial charge in [0, 0.05) is 17.9 Å². The monoisotopic (exact) mass is 431 g/mol. The average molecular weight is 432 g/mol. The number of halogens is 2. The molecule has 0 saturated heterocycles. The van der Waals surface area contributed by atoms with Crippen LogP contribution in [-0.2, 0) is 4.79 Å². The minimum atomic E-state index is -0.530. The number of benzene rings is 1. The van der Waals surface area contributed by atoms with Crippen LogP contribution in [0.1, 0.15) is 6.42 Å². The van der Waals surface area contributed by atoms with E-state index < -0.39 is 5.82 Å². The molecule has 0 atom stereocenters. The zero-order chi connectivity index (χ0) is 20.2. The second-order valence-electron chi connectivity index (χ2n) is 6.00. The molecule has 0 aliphatic heterocycles. The smallest absolute Gasteiger partial charge is 0.225 e. The van der Waals surface area contributed by atoms with Crippen molar-refractivity contribution >= 4 is 35.0 Å². The molecule has 0 unspecified atom stereocenters. The van der Waals surface area contributed by atoms with Crippen molar-refractivity contribution in [3.63, 3.8) is 0 Å². The van der Waals surface area contributed by atoms with Gasteiger partial charge < -0.3 is 19.1 Å². The van der Waals surface area contributed by atoms with Crippen LogP contribution in [-0.4, -0.2) is 21.6 Å². The molecule has 3 aromatic heterocycles. The van der Waals surface area contributed by atoms with Gasteiger partial charge in [-0.05, 0) is 42.5 Å². The Kier molecular flexibility index (Phi) is 5.73. The van der Waals surface area contributed by atoms with Gasteiger partial charge in [-0.1, -0.05) is 23.4 Å². The fourth-order valence-electron chi connectivity index (χ4n) is 2.65. The maximum atomic E-state index is 13.2. The number of carbonyl (C=O) groups is 1. The van der Waals surface area contributed by atoms with Crippen LogP contribution in [0.4, 0.5) is 10.1 Å². The maximum Gasteiger partial charge on any atom is 0.225 e. The van der Waals surface area contributed by atoms with Crippen molar-refractivity contribution in [2.45, 2.75) is 11.6 Å². The second kappa shape index (κ2) is 8.59. The molecule has 2 N–H and O–H groups in total. The van der Waals surface area contributed by atoms with Gasteiger partial charge in [-0.2, -0.15) is 0 Å². The normalized spacial score (nSPS) is 11.0. The standard InChI is InChI=1S/C20H15ClFN3O3S/c21-13-11-12(5-6-14(13)22)23-17(26)7-10-29-20-24-18(15-3-1-8-27-15)19(25-20)16-4-2-9-28-16/h1-6,8-9,11H,7,10H2,(H,23,26)(H,24,25). The lowest BCUT2D eigenvalue weighted by Gasteiger charge is -2.05. The Hall–Kier alpha value is -2.97.